The Morgan fingerprint density at radius 2 is 1.88 bits per heavy atom. The molecule has 5 heteroatoms. The van der Waals surface area contributed by atoms with Crippen molar-refractivity contribution in [2.75, 3.05) is 13.7 Å². The van der Waals surface area contributed by atoms with Crippen LogP contribution < -0.4 is 4.74 Å². The second-order valence-electron chi connectivity index (χ2n) is 6.58. The molecule has 1 saturated heterocycles. The van der Waals surface area contributed by atoms with Crippen molar-refractivity contribution < 1.29 is 19.4 Å². The minimum Gasteiger partial charge on any atom is -0.497 e. The lowest BCUT2D eigenvalue weighted by molar-refractivity contribution is -0.152. The van der Waals surface area contributed by atoms with Gasteiger partial charge in [0.2, 0.25) is 5.91 Å². The molecule has 0 aliphatic carbocycles. The molecule has 0 radical (unpaired) electrons. The lowest BCUT2D eigenvalue weighted by atomic mass is 9.94. The second kappa shape index (κ2) is 7.13. The summed E-state index contributed by atoms with van der Waals surface area (Å²) in [6.45, 7) is 2.37. The van der Waals surface area contributed by atoms with E-state index in [1.807, 2.05) is 43.3 Å². The maximum Gasteiger partial charge on any atom is 0.326 e. The van der Waals surface area contributed by atoms with Gasteiger partial charge >= 0.3 is 5.97 Å². The first kappa shape index (κ1) is 17.3. The Hall–Kier alpha value is -2.56. The van der Waals surface area contributed by atoms with E-state index < -0.39 is 12.0 Å². The van der Waals surface area contributed by atoms with Crippen LogP contribution in [0.2, 0.25) is 0 Å². The summed E-state index contributed by atoms with van der Waals surface area (Å²) in [5, 5.41) is 11.5. The quantitative estimate of drug-likeness (QED) is 0.925. The van der Waals surface area contributed by atoms with Crippen molar-refractivity contribution in [3.05, 3.63) is 42.0 Å². The summed E-state index contributed by atoms with van der Waals surface area (Å²) < 4.78 is 5.24. The van der Waals surface area contributed by atoms with Crippen LogP contribution in [0.4, 0.5) is 0 Å². The first-order valence-corrected chi connectivity index (χ1v) is 8.62. The maximum atomic E-state index is 12.9. The molecule has 25 heavy (non-hydrogen) atoms. The van der Waals surface area contributed by atoms with Gasteiger partial charge in [-0.2, -0.15) is 0 Å². The van der Waals surface area contributed by atoms with Gasteiger partial charge in [-0.25, -0.2) is 4.79 Å². The number of nitrogens with zero attached hydrogens (tertiary/aromatic N) is 1. The molecule has 1 heterocycles. The average molecular weight is 341 g/mol. The molecular weight excluding hydrogens is 318 g/mol. The summed E-state index contributed by atoms with van der Waals surface area (Å²) in [7, 11) is 1.63. The van der Waals surface area contributed by atoms with Gasteiger partial charge in [-0.05, 0) is 54.7 Å². The highest BCUT2D eigenvalue weighted by molar-refractivity contribution is 5.90. The van der Waals surface area contributed by atoms with Crippen LogP contribution in [0.5, 0.6) is 5.75 Å². The van der Waals surface area contributed by atoms with E-state index in [-0.39, 0.29) is 11.8 Å². The van der Waals surface area contributed by atoms with E-state index in [1.165, 1.54) is 4.90 Å². The minimum absolute atomic E-state index is 0.111. The highest BCUT2D eigenvalue weighted by atomic mass is 16.5. The number of carbonyl (C=O) groups is 2. The maximum absolute atomic E-state index is 12.9. The normalized spacial score (nSPS) is 18.8. The van der Waals surface area contributed by atoms with Gasteiger partial charge in [0.1, 0.15) is 11.8 Å². The van der Waals surface area contributed by atoms with E-state index in [4.69, 9.17) is 4.74 Å². The number of rotatable bonds is 4. The molecule has 3 rings (SSSR count). The zero-order valence-electron chi connectivity index (χ0n) is 14.6. The van der Waals surface area contributed by atoms with Gasteiger partial charge in [-0.1, -0.05) is 24.3 Å². The zero-order chi connectivity index (χ0) is 18.0. The number of benzene rings is 2. The molecule has 0 spiro atoms. The predicted octanol–water partition coefficient (Wildman–Crippen LogP) is 3.42. The van der Waals surface area contributed by atoms with Crippen molar-refractivity contribution in [2.24, 2.45) is 0 Å². The number of carboxylic acids is 1. The fraction of sp³-hybridized carbons (Fsp3) is 0.400. The molecule has 5 nitrogen and oxygen atoms in total. The van der Waals surface area contributed by atoms with E-state index >= 15 is 0 Å². The zero-order valence-corrected chi connectivity index (χ0v) is 14.6. The van der Waals surface area contributed by atoms with Gasteiger partial charge in [0.05, 0.1) is 13.0 Å². The number of likely N-dealkylation sites (tertiary alicyclic amines) is 1. The third kappa shape index (κ3) is 3.45. The number of piperidine rings is 1. The summed E-state index contributed by atoms with van der Waals surface area (Å²) in [4.78, 5) is 25.9. The fourth-order valence-corrected chi connectivity index (χ4v) is 3.48. The molecule has 132 valence electrons. The van der Waals surface area contributed by atoms with Crippen LogP contribution in [-0.2, 0) is 9.59 Å². The number of ether oxygens (including phenoxy) is 1. The first-order valence-electron chi connectivity index (χ1n) is 8.62. The van der Waals surface area contributed by atoms with Gasteiger partial charge < -0.3 is 14.7 Å². The van der Waals surface area contributed by atoms with Gasteiger partial charge in [0, 0.05) is 6.54 Å². The lowest BCUT2D eigenvalue weighted by Gasteiger charge is -2.34. The molecule has 2 aromatic rings. The SMILES string of the molecule is COc1ccc2cc(C(C)C(=O)N3CCCCC3C(=O)O)ccc2c1. The van der Waals surface area contributed by atoms with Crippen molar-refractivity contribution >= 4 is 22.6 Å². The van der Waals surface area contributed by atoms with Crippen LogP contribution in [-0.4, -0.2) is 41.6 Å². The summed E-state index contributed by atoms with van der Waals surface area (Å²) in [5.74, 6) is -0.598. The molecule has 2 unspecified atom stereocenters. The number of aliphatic carboxylic acids is 1. The molecular formula is C20H23NO4. The molecule has 0 aromatic heterocycles. The number of hydrogen-bond acceptors (Lipinski definition) is 3. The molecule has 2 atom stereocenters. The standard InChI is InChI=1S/C20H23NO4/c1-13(19(22)21-10-4-3-5-18(21)20(23)24)14-6-7-16-12-17(25-2)9-8-15(16)11-14/h6-9,11-13,18H,3-5,10H2,1-2H3,(H,23,24). The summed E-state index contributed by atoms with van der Waals surface area (Å²) in [6, 6.07) is 11.0. The summed E-state index contributed by atoms with van der Waals surface area (Å²) in [5.41, 5.74) is 0.900. The number of carboxylic acid groups (broad SMARTS) is 1. The van der Waals surface area contributed by atoms with Crippen LogP contribution in [0.15, 0.2) is 36.4 Å². The first-order chi connectivity index (χ1) is 12.0. The molecule has 0 saturated carbocycles. The van der Waals surface area contributed by atoms with E-state index in [9.17, 15) is 14.7 Å². The van der Waals surface area contributed by atoms with E-state index in [2.05, 4.69) is 0 Å². The molecule has 0 bridgehead atoms. The number of amides is 1. The predicted molar refractivity (Wildman–Crippen MR) is 95.9 cm³/mol. The van der Waals surface area contributed by atoms with Crippen molar-refractivity contribution in [1.82, 2.24) is 4.90 Å². The molecule has 1 aliphatic heterocycles. The van der Waals surface area contributed by atoms with Crippen LogP contribution in [0, 0.1) is 0 Å². The van der Waals surface area contributed by atoms with Crippen LogP contribution >= 0.6 is 0 Å². The van der Waals surface area contributed by atoms with Crippen LogP contribution in [0.3, 0.4) is 0 Å². The third-order valence-electron chi connectivity index (χ3n) is 5.01. The second-order valence-corrected chi connectivity index (χ2v) is 6.58. The van der Waals surface area contributed by atoms with E-state index in [0.29, 0.717) is 13.0 Å². The average Bonchev–Trinajstić information content (AvgIpc) is 2.65. The Bertz CT molecular complexity index is 801. The molecule has 1 aliphatic rings. The Kier molecular flexibility index (Phi) is 4.93. The monoisotopic (exact) mass is 341 g/mol. The van der Waals surface area contributed by atoms with E-state index in [0.717, 1.165) is 34.9 Å². The van der Waals surface area contributed by atoms with Crippen molar-refractivity contribution in [1.29, 1.82) is 0 Å². The Labute approximate surface area is 147 Å². The van der Waals surface area contributed by atoms with Gasteiger partial charge in [0.25, 0.3) is 0 Å². The largest absolute Gasteiger partial charge is 0.497 e. The molecule has 1 fully saturated rings. The van der Waals surface area contributed by atoms with Crippen molar-refractivity contribution in [3.8, 4) is 5.75 Å². The molecule has 1 amide bonds. The summed E-state index contributed by atoms with van der Waals surface area (Å²) >= 11 is 0. The van der Waals surface area contributed by atoms with Crippen LogP contribution in [0.1, 0.15) is 37.7 Å². The third-order valence-corrected chi connectivity index (χ3v) is 5.01. The topological polar surface area (TPSA) is 66.8 Å². The van der Waals surface area contributed by atoms with Crippen LogP contribution in [0.25, 0.3) is 10.8 Å². The number of fused-ring (bicyclic) bond motifs is 1. The van der Waals surface area contributed by atoms with E-state index in [1.54, 1.807) is 7.11 Å². The minimum atomic E-state index is -0.911. The van der Waals surface area contributed by atoms with Gasteiger partial charge in [-0.15, -0.1) is 0 Å². The van der Waals surface area contributed by atoms with Gasteiger partial charge in [0.15, 0.2) is 0 Å². The van der Waals surface area contributed by atoms with Crippen molar-refractivity contribution in [3.63, 3.8) is 0 Å². The highest BCUT2D eigenvalue weighted by Crippen LogP contribution is 2.28. The number of hydrogen-bond donors (Lipinski definition) is 1. The molecule has 2 aromatic carbocycles. The fourth-order valence-electron chi connectivity index (χ4n) is 3.48. The number of carbonyl (C=O) groups excluding carboxylic acids is 1. The Balaban J connectivity index is 1.86. The van der Waals surface area contributed by atoms with Crippen molar-refractivity contribution in [2.45, 2.75) is 38.1 Å². The van der Waals surface area contributed by atoms with Gasteiger partial charge in [-0.3, -0.25) is 4.79 Å². The Morgan fingerprint density at radius 3 is 2.60 bits per heavy atom. The molecule has 1 N–H and O–H groups in total. The summed E-state index contributed by atoms with van der Waals surface area (Å²) in [6.07, 6.45) is 2.25. The highest BCUT2D eigenvalue weighted by Gasteiger charge is 2.34. The number of methoxy groups -OCH3 is 1. The Morgan fingerprint density at radius 1 is 1.16 bits per heavy atom. The smallest absolute Gasteiger partial charge is 0.326 e. The lowest BCUT2D eigenvalue weighted by Crippen LogP contribution is -2.49.